The van der Waals surface area contributed by atoms with Gasteiger partial charge < -0.3 is 27.5 Å². The highest BCUT2D eigenvalue weighted by Gasteiger charge is 2.27. The normalized spacial score (nSPS) is 13.7. The Morgan fingerprint density at radius 2 is 1.29 bits per heavy atom. The van der Waals surface area contributed by atoms with Crippen LogP contribution in [0.4, 0.5) is 9.59 Å². The largest absolute Gasteiger partial charge is 0.524 e. The van der Waals surface area contributed by atoms with Gasteiger partial charge in [0, 0.05) is 5.39 Å². The van der Waals surface area contributed by atoms with Gasteiger partial charge in [0.1, 0.15) is 11.2 Å². The molecule has 0 radical (unpaired) electrons. The summed E-state index contributed by atoms with van der Waals surface area (Å²) in [6.45, 7) is 0. The molecule has 0 unspecified atom stereocenters. The first-order valence-corrected chi connectivity index (χ1v) is 6.34. The Balaban J connectivity index is 2.25. The summed E-state index contributed by atoms with van der Waals surface area (Å²) >= 11 is 0. The number of ether oxygens (including phenoxy) is 3. The van der Waals surface area contributed by atoms with Gasteiger partial charge in [-0.3, -0.25) is 0 Å². The quantitative estimate of drug-likeness (QED) is 0.342. The third-order valence-electron chi connectivity index (χ3n) is 3.12. The van der Waals surface area contributed by atoms with E-state index in [4.69, 9.17) is 18.3 Å². The Kier molecular flexibility index (Phi) is 2.79. The number of benzene rings is 2. The summed E-state index contributed by atoms with van der Waals surface area (Å²) in [5.41, 5.74) is -0.105. The summed E-state index contributed by atoms with van der Waals surface area (Å²) in [7, 11) is 0. The molecule has 1 aliphatic heterocycles. The molecule has 0 amide bonds. The highest BCUT2D eigenvalue weighted by molar-refractivity contribution is 6.09. The van der Waals surface area contributed by atoms with Crippen LogP contribution in [0.3, 0.4) is 0 Å². The minimum absolute atomic E-state index is 0.00684. The smallest absolute Gasteiger partial charge is 0.394 e. The second-order valence-electron chi connectivity index (χ2n) is 4.49. The molecule has 0 spiro atoms. The zero-order valence-electron chi connectivity index (χ0n) is 11.4. The standard InChI is InChI=1S/C14H4O10/c15-11-19-6-3-4-7(20-12(16)23-11)9-5(6)1-2-8-10(9)22-14(18)24-13(17)21-8/h1-4H. The van der Waals surface area contributed by atoms with Gasteiger partial charge >= 0.3 is 24.0 Å². The summed E-state index contributed by atoms with van der Waals surface area (Å²) in [4.78, 5) is 45.8. The fraction of sp³-hybridized carbons (Fsp3) is 0. The van der Waals surface area contributed by atoms with E-state index < -0.39 is 24.0 Å². The molecular weight excluding hydrogens is 328 g/mol. The van der Waals surface area contributed by atoms with Crippen LogP contribution in [0.25, 0.3) is 21.9 Å². The Labute approximate surface area is 129 Å². The molecule has 2 heterocycles. The fourth-order valence-corrected chi connectivity index (χ4v) is 2.27. The van der Waals surface area contributed by atoms with Crippen molar-refractivity contribution in [3.8, 4) is 11.5 Å². The lowest BCUT2D eigenvalue weighted by Gasteiger charge is -2.07. The van der Waals surface area contributed by atoms with Crippen LogP contribution >= 0.6 is 0 Å². The summed E-state index contributed by atoms with van der Waals surface area (Å²) in [5.74, 6) is -3.04. The molecule has 1 aliphatic rings. The van der Waals surface area contributed by atoms with Gasteiger partial charge in [0.05, 0.1) is 5.39 Å². The average molecular weight is 332 g/mol. The maximum atomic E-state index is 11.5. The van der Waals surface area contributed by atoms with Crippen LogP contribution in [0.5, 0.6) is 11.5 Å². The molecule has 2 bridgehead atoms. The van der Waals surface area contributed by atoms with Crippen molar-refractivity contribution in [2.24, 2.45) is 0 Å². The van der Waals surface area contributed by atoms with Gasteiger partial charge in [-0.15, -0.1) is 0 Å². The van der Waals surface area contributed by atoms with Crippen molar-refractivity contribution in [1.29, 1.82) is 0 Å². The molecule has 0 atom stereocenters. The lowest BCUT2D eigenvalue weighted by molar-refractivity contribution is 0.0999. The third-order valence-corrected chi connectivity index (χ3v) is 3.12. The van der Waals surface area contributed by atoms with Gasteiger partial charge in [-0.05, 0) is 24.3 Å². The molecule has 0 saturated heterocycles. The maximum Gasteiger partial charge on any atom is 0.524 e. The summed E-state index contributed by atoms with van der Waals surface area (Å²) < 4.78 is 28.0. The molecule has 2 aromatic carbocycles. The monoisotopic (exact) mass is 332 g/mol. The molecule has 3 aromatic rings. The van der Waals surface area contributed by atoms with E-state index in [1.807, 2.05) is 0 Å². The molecule has 0 saturated carbocycles. The lowest BCUT2D eigenvalue weighted by atomic mass is 10.1. The molecule has 0 aliphatic carbocycles. The van der Waals surface area contributed by atoms with Crippen molar-refractivity contribution in [3.63, 3.8) is 0 Å². The third kappa shape index (κ3) is 2.13. The van der Waals surface area contributed by atoms with Crippen LogP contribution in [-0.2, 0) is 4.74 Å². The summed E-state index contributed by atoms with van der Waals surface area (Å²) in [6.07, 6.45) is -2.62. The SMILES string of the molecule is O=C1OC(=O)Oc2c(ccc3c4ccc(oc(=O)oc(=O)o4)c23)O1. The zero-order valence-corrected chi connectivity index (χ0v) is 11.4. The van der Waals surface area contributed by atoms with Crippen LogP contribution < -0.4 is 21.1 Å². The first-order valence-electron chi connectivity index (χ1n) is 6.34. The van der Waals surface area contributed by atoms with E-state index in [9.17, 15) is 19.2 Å². The van der Waals surface area contributed by atoms with Crippen molar-refractivity contribution in [2.45, 2.75) is 0 Å². The van der Waals surface area contributed by atoms with Crippen LogP contribution in [-0.4, -0.2) is 12.3 Å². The van der Waals surface area contributed by atoms with E-state index in [2.05, 4.69) is 9.15 Å². The average Bonchev–Trinajstić information content (AvgIpc) is 2.56. The van der Waals surface area contributed by atoms with Gasteiger partial charge in [0.25, 0.3) is 0 Å². The number of hydrogen-bond acceptors (Lipinski definition) is 10. The fourth-order valence-electron chi connectivity index (χ4n) is 2.27. The molecule has 1 aromatic heterocycles. The van der Waals surface area contributed by atoms with E-state index in [-0.39, 0.29) is 33.4 Å². The van der Waals surface area contributed by atoms with Crippen molar-refractivity contribution < 1.29 is 37.1 Å². The molecule has 10 nitrogen and oxygen atoms in total. The predicted octanol–water partition coefficient (Wildman–Crippen LogP) is 2.08. The van der Waals surface area contributed by atoms with Gasteiger partial charge in [-0.2, -0.15) is 0 Å². The molecule has 4 rings (SSSR count). The van der Waals surface area contributed by atoms with Crippen LogP contribution in [0, 0.1) is 0 Å². The van der Waals surface area contributed by atoms with E-state index in [1.54, 1.807) is 0 Å². The van der Waals surface area contributed by atoms with Gasteiger partial charge in [0.15, 0.2) is 11.5 Å². The predicted molar refractivity (Wildman–Crippen MR) is 72.7 cm³/mol. The van der Waals surface area contributed by atoms with Crippen LogP contribution in [0.15, 0.2) is 47.1 Å². The number of hydrogen-bond donors (Lipinski definition) is 0. The topological polar surface area (TPSA) is 135 Å². The van der Waals surface area contributed by atoms with Crippen LogP contribution in [0.1, 0.15) is 0 Å². The number of carbonyl (C=O) groups is 2. The van der Waals surface area contributed by atoms with Crippen molar-refractivity contribution >= 4 is 34.2 Å². The van der Waals surface area contributed by atoms with E-state index in [0.29, 0.717) is 0 Å². The molecule has 0 N–H and O–H groups in total. The lowest BCUT2D eigenvalue weighted by Crippen LogP contribution is -2.14. The molecule has 0 fully saturated rings. The van der Waals surface area contributed by atoms with E-state index in [0.717, 1.165) is 0 Å². The summed E-state index contributed by atoms with van der Waals surface area (Å²) in [6, 6.07) is 5.34. The van der Waals surface area contributed by atoms with E-state index in [1.165, 1.54) is 24.3 Å². The number of fused-ring (bicyclic) bond motifs is 8. The Hall–Kier alpha value is -3.82. The second kappa shape index (κ2) is 4.84. The van der Waals surface area contributed by atoms with Gasteiger partial charge in [-0.25, -0.2) is 19.2 Å². The summed E-state index contributed by atoms with van der Waals surface area (Å²) in [5, 5.41) is 0.284. The first-order chi connectivity index (χ1) is 11.5. The highest BCUT2D eigenvalue weighted by atomic mass is 16.8. The zero-order chi connectivity index (χ0) is 16.8. The molecular formula is C14H4O10. The number of carbonyl (C=O) groups excluding carboxylic acids is 2. The van der Waals surface area contributed by atoms with Gasteiger partial charge in [0.2, 0.25) is 0 Å². The molecule has 10 heteroatoms. The first kappa shape index (κ1) is 13.8. The van der Waals surface area contributed by atoms with E-state index >= 15 is 0 Å². The number of rotatable bonds is 0. The molecule has 24 heavy (non-hydrogen) atoms. The Morgan fingerprint density at radius 3 is 2.08 bits per heavy atom. The Bertz CT molecular complexity index is 1160. The van der Waals surface area contributed by atoms with Gasteiger partial charge in [-0.1, -0.05) is 0 Å². The minimum atomic E-state index is -1.35. The van der Waals surface area contributed by atoms with Crippen molar-refractivity contribution in [2.75, 3.05) is 0 Å². The number of cyclic esters (lactones) is 2. The van der Waals surface area contributed by atoms with Crippen LogP contribution in [0.2, 0.25) is 0 Å². The second-order valence-corrected chi connectivity index (χ2v) is 4.49. The van der Waals surface area contributed by atoms with Crippen molar-refractivity contribution in [3.05, 3.63) is 45.5 Å². The minimum Gasteiger partial charge on any atom is -0.394 e. The maximum absolute atomic E-state index is 11.5. The van der Waals surface area contributed by atoms with Crippen molar-refractivity contribution in [1.82, 2.24) is 0 Å². The molecule has 120 valence electrons. The highest BCUT2D eigenvalue weighted by Crippen LogP contribution is 2.41. The Morgan fingerprint density at radius 1 is 0.625 bits per heavy atom.